The van der Waals surface area contributed by atoms with E-state index >= 15 is 0 Å². The summed E-state index contributed by atoms with van der Waals surface area (Å²) in [5.41, 5.74) is 4.38. The van der Waals surface area contributed by atoms with Crippen molar-refractivity contribution in [3.05, 3.63) is 58.7 Å². The van der Waals surface area contributed by atoms with Crippen molar-refractivity contribution in [2.24, 2.45) is 5.92 Å². The minimum atomic E-state index is -0.282. The summed E-state index contributed by atoms with van der Waals surface area (Å²) < 4.78 is 15.9. The maximum absolute atomic E-state index is 12.5. The van der Waals surface area contributed by atoms with E-state index in [4.69, 9.17) is 14.2 Å². The highest BCUT2D eigenvalue weighted by atomic mass is 16.5. The van der Waals surface area contributed by atoms with Crippen LogP contribution in [0.1, 0.15) is 58.1 Å². The highest BCUT2D eigenvalue weighted by molar-refractivity contribution is 5.92. The number of carbonyl (C=O) groups excluding carboxylic acids is 1. The van der Waals surface area contributed by atoms with Gasteiger partial charge in [0, 0.05) is 0 Å². The topological polar surface area (TPSA) is 44.8 Å². The average Bonchev–Trinajstić information content (AvgIpc) is 3.22. The Morgan fingerprint density at radius 1 is 0.926 bits per heavy atom. The van der Waals surface area contributed by atoms with Crippen molar-refractivity contribution < 1.29 is 19.0 Å². The average molecular weight is 366 g/mol. The number of esters is 1. The van der Waals surface area contributed by atoms with Gasteiger partial charge in [-0.05, 0) is 78.0 Å². The number of benzene rings is 2. The molecule has 0 radical (unpaired) electrons. The van der Waals surface area contributed by atoms with Crippen LogP contribution in [0.3, 0.4) is 0 Å². The highest BCUT2D eigenvalue weighted by Gasteiger charge is 2.42. The molecule has 2 aliphatic carbocycles. The van der Waals surface area contributed by atoms with Gasteiger partial charge in [-0.2, -0.15) is 0 Å². The minimum Gasteiger partial charge on any atom is -0.497 e. The molecule has 1 fully saturated rings. The fourth-order valence-corrected chi connectivity index (χ4v) is 5.08. The second-order valence-corrected chi connectivity index (χ2v) is 7.52. The van der Waals surface area contributed by atoms with Crippen LogP contribution in [0.4, 0.5) is 0 Å². The van der Waals surface area contributed by atoms with Crippen LogP contribution in [0.5, 0.6) is 11.5 Å². The van der Waals surface area contributed by atoms with Crippen molar-refractivity contribution in [1.29, 1.82) is 0 Å². The predicted octanol–water partition coefficient (Wildman–Crippen LogP) is 4.71. The van der Waals surface area contributed by atoms with Gasteiger partial charge < -0.3 is 14.2 Å². The molecule has 0 N–H and O–H groups in total. The van der Waals surface area contributed by atoms with Crippen LogP contribution < -0.4 is 9.47 Å². The van der Waals surface area contributed by atoms with Gasteiger partial charge in [0.1, 0.15) is 11.5 Å². The summed E-state index contributed by atoms with van der Waals surface area (Å²) in [4.78, 5) is 12.5. The van der Waals surface area contributed by atoms with Gasteiger partial charge in [-0.3, -0.25) is 0 Å². The van der Waals surface area contributed by atoms with Gasteiger partial charge in [-0.1, -0.05) is 18.6 Å². The number of hydrogen-bond acceptors (Lipinski definition) is 4. The first-order valence-corrected chi connectivity index (χ1v) is 9.59. The molecule has 4 nitrogen and oxygen atoms in total. The summed E-state index contributed by atoms with van der Waals surface area (Å²) in [5, 5.41) is 0. The largest absolute Gasteiger partial charge is 0.497 e. The summed E-state index contributed by atoms with van der Waals surface area (Å²) in [6, 6.07) is 12.4. The molecule has 0 saturated heterocycles. The summed E-state index contributed by atoms with van der Waals surface area (Å²) in [6.45, 7) is 0. The standard InChI is InChI=1S/C23H26O4/c1-25-15-9-7-14(8-10-15)19-13-21-20(18-6-4-5-17(18)19)11-16(26-2)12-22(21)23(24)27-3/h7-12,17-19H,4-6,13H2,1-3H3. The molecule has 2 aromatic carbocycles. The molecule has 4 rings (SSSR count). The molecule has 2 aliphatic rings. The second kappa shape index (κ2) is 7.26. The van der Waals surface area contributed by atoms with Crippen molar-refractivity contribution >= 4 is 5.97 Å². The molecular weight excluding hydrogens is 340 g/mol. The van der Waals surface area contributed by atoms with Gasteiger partial charge in [0.15, 0.2) is 0 Å². The molecule has 0 bridgehead atoms. The van der Waals surface area contributed by atoms with Crippen LogP contribution in [0, 0.1) is 5.92 Å². The van der Waals surface area contributed by atoms with E-state index in [2.05, 4.69) is 18.2 Å². The molecule has 0 spiro atoms. The summed E-state index contributed by atoms with van der Waals surface area (Å²) >= 11 is 0. The van der Waals surface area contributed by atoms with Crippen molar-refractivity contribution in [3.63, 3.8) is 0 Å². The first-order valence-electron chi connectivity index (χ1n) is 9.59. The van der Waals surface area contributed by atoms with E-state index in [0.717, 1.165) is 29.9 Å². The van der Waals surface area contributed by atoms with Gasteiger partial charge in [0.25, 0.3) is 0 Å². The van der Waals surface area contributed by atoms with E-state index in [1.807, 2.05) is 18.2 Å². The lowest BCUT2D eigenvalue weighted by atomic mass is 9.67. The predicted molar refractivity (Wildman–Crippen MR) is 104 cm³/mol. The Labute approximate surface area is 160 Å². The Hall–Kier alpha value is -2.49. The third-order valence-corrected chi connectivity index (χ3v) is 6.35. The Morgan fingerprint density at radius 2 is 1.67 bits per heavy atom. The van der Waals surface area contributed by atoms with Crippen LogP contribution in [-0.2, 0) is 11.2 Å². The molecule has 142 valence electrons. The lowest BCUT2D eigenvalue weighted by Gasteiger charge is -2.37. The normalized spacial score (nSPS) is 23.3. The maximum Gasteiger partial charge on any atom is 0.338 e. The van der Waals surface area contributed by atoms with Crippen molar-refractivity contribution in [2.75, 3.05) is 21.3 Å². The van der Waals surface area contributed by atoms with Crippen LogP contribution in [0.25, 0.3) is 0 Å². The van der Waals surface area contributed by atoms with E-state index in [0.29, 0.717) is 23.3 Å². The zero-order chi connectivity index (χ0) is 19.0. The Balaban J connectivity index is 1.81. The van der Waals surface area contributed by atoms with Gasteiger partial charge >= 0.3 is 5.97 Å². The fraction of sp³-hybridized carbons (Fsp3) is 0.435. The molecule has 0 heterocycles. The number of carbonyl (C=O) groups is 1. The molecule has 3 atom stereocenters. The Kier molecular flexibility index (Phi) is 4.81. The Morgan fingerprint density at radius 3 is 2.33 bits per heavy atom. The molecule has 2 aromatic rings. The van der Waals surface area contributed by atoms with E-state index in [9.17, 15) is 4.79 Å². The molecular formula is C23H26O4. The molecule has 1 saturated carbocycles. The maximum atomic E-state index is 12.5. The first-order chi connectivity index (χ1) is 13.2. The van der Waals surface area contributed by atoms with Crippen molar-refractivity contribution in [1.82, 2.24) is 0 Å². The lowest BCUT2D eigenvalue weighted by Crippen LogP contribution is -2.27. The number of fused-ring (bicyclic) bond motifs is 3. The van der Waals surface area contributed by atoms with Gasteiger partial charge in [-0.25, -0.2) is 4.79 Å². The van der Waals surface area contributed by atoms with E-state index in [-0.39, 0.29) is 5.97 Å². The lowest BCUT2D eigenvalue weighted by molar-refractivity contribution is 0.0598. The summed E-state index contributed by atoms with van der Waals surface area (Å²) in [7, 11) is 4.78. The van der Waals surface area contributed by atoms with Crippen molar-refractivity contribution in [2.45, 2.75) is 37.5 Å². The highest BCUT2D eigenvalue weighted by Crippen LogP contribution is 2.54. The van der Waals surface area contributed by atoms with Crippen LogP contribution >= 0.6 is 0 Å². The zero-order valence-corrected chi connectivity index (χ0v) is 16.2. The molecule has 0 amide bonds. The number of hydrogen-bond donors (Lipinski definition) is 0. The molecule has 4 heteroatoms. The first kappa shape index (κ1) is 17.9. The fourth-order valence-electron chi connectivity index (χ4n) is 5.08. The smallest absolute Gasteiger partial charge is 0.338 e. The monoisotopic (exact) mass is 366 g/mol. The molecule has 27 heavy (non-hydrogen) atoms. The van der Waals surface area contributed by atoms with Crippen LogP contribution in [-0.4, -0.2) is 27.3 Å². The van der Waals surface area contributed by atoms with Crippen LogP contribution in [0.2, 0.25) is 0 Å². The number of rotatable bonds is 4. The molecule has 3 unspecified atom stereocenters. The van der Waals surface area contributed by atoms with E-state index < -0.39 is 0 Å². The van der Waals surface area contributed by atoms with Gasteiger partial charge in [0.05, 0.1) is 26.9 Å². The number of methoxy groups -OCH3 is 3. The van der Waals surface area contributed by atoms with Gasteiger partial charge in [-0.15, -0.1) is 0 Å². The summed E-state index contributed by atoms with van der Waals surface area (Å²) in [5.74, 6) is 2.81. The van der Waals surface area contributed by atoms with Crippen molar-refractivity contribution in [3.8, 4) is 11.5 Å². The third-order valence-electron chi connectivity index (χ3n) is 6.35. The summed E-state index contributed by atoms with van der Waals surface area (Å²) in [6.07, 6.45) is 4.48. The zero-order valence-electron chi connectivity index (χ0n) is 16.2. The second-order valence-electron chi connectivity index (χ2n) is 7.52. The van der Waals surface area contributed by atoms with E-state index in [1.54, 1.807) is 14.2 Å². The number of ether oxygens (including phenoxy) is 3. The molecule has 0 aromatic heterocycles. The minimum absolute atomic E-state index is 0.282. The van der Waals surface area contributed by atoms with Gasteiger partial charge in [0.2, 0.25) is 0 Å². The van der Waals surface area contributed by atoms with Crippen LogP contribution in [0.15, 0.2) is 36.4 Å². The third kappa shape index (κ3) is 3.07. The van der Waals surface area contributed by atoms with E-state index in [1.165, 1.54) is 31.1 Å². The SMILES string of the molecule is COC(=O)c1cc(OC)cc2c1CC(c1ccc(OC)cc1)C1CCCC21. The quantitative estimate of drug-likeness (QED) is 0.735. The molecule has 0 aliphatic heterocycles. The Bertz CT molecular complexity index is 840.